The quantitative estimate of drug-likeness (QED) is 0.938. The van der Waals surface area contributed by atoms with Crippen LogP contribution in [0.25, 0.3) is 0 Å². The number of carbonyl (C=O) groups excluding carboxylic acids is 1. The molecule has 1 fully saturated rings. The minimum atomic E-state index is 0.0156. The number of hydrogen-bond donors (Lipinski definition) is 1. The topological polar surface area (TPSA) is 59.2 Å². The number of thioether (sulfide) groups is 1. The Morgan fingerprint density at radius 3 is 2.86 bits per heavy atom. The van der Waals surface area contributed by atoms with E-state index in [1.54, 1.807) is 0 Å². The molecule has 2 heterocycles. The molecular formula is C16H19N3OS2. The molecule has 6 heteroatoms. The van der Waals surface area contributed by atoms with Crippen LogP contribution < -0.4 is 5.73 Å². The molecule has 0 radical (unpaired) electrons. The second-order valence-electron chi connectivity index (χ2n) is 5.33. The largest absolute Gasteiger partial charge is 0.329 e. The van der Waals surface area contributed by atoms with Gasteiger partial charge in [0, 0.05) is 30.0 Å². The zero-order valence-electron chi connectivity index (χ0n) is 12.5. The molecule has 22 heavy (non-hydrogen) atoms. The Morgan fingerprint density at radius 1 is 1.41 bits per heavy atom. The van der Waals surface area contributed by atoms with Gasteiger partial charge in [0.05, 0.1) is 6.04 Å². The van der Waals surface area contributed by atoms with E-state index in [1.165, 1.54) is 22.5 Å². The van der Waals surface area contributed by atoms with E-state index in [-0.39, 0.29) is 11.9 Å². The molecule has 0 saturated carbocycles. The second kappa shape index (κ2) is 6.81. The Labute approximate surface area is 138 Å². The molecule has 3 rings (SSSR count). The average Bonchev–Trinajstić information content (AvgIpc) is 3.04. The van der Waals surface area contributed by atoms with Gasteiger partial charge in [-0.1, -0.05) is 29.8 Å². The lowest BCUT2D eigenvalue weighted by molar-refractivity contribution is 0.0696. The van der Waals surface area contributed by atoms with Crippen molar-refractivity contribution in [2.24, 2.45) is 5.73 Å². The van der Waals surface area contributed by atoms with E-state index in [0.29, 0.717) is 12.2 Å². The molecule has 1 aliphatic rings. The summed E-state index contributed by atoms with van der Waals surface area (Å²) in [5, 5.41) is 2.62. The SMILES string of the molecule is Cc1ccc(C2CSCCN2C(=O)c2csc(CN)n2)cc1. The molecule has 0 spiro atoms. The maximum absolute atomic E-state index is 12.8. The standard InChI is InChI=1S/C16H19N3OS2/c1-11-2-4-12(5-3-11)14-10-21-7-6-19(14)16(20)13-9-22-15(8-17)18-13/h2-5,9,14H,6-8,10,17H2,1H3. The minimum Gasteiger partial charge on any atom is -0.329 e. The maximum atomic E-state index is 12.8. The highest BCUT2D eigenvalue weighted by Crippen LogP contribution is 2.31. The first-order valence-electron chi connectivity index (χ1n) is 7.29. The summed E-state index contributed by atoms with van der Waals surface area (Å²) in [4.78, 5) is 19.1. The maximum Gasteiger partial charge on any atom is 0.273 e. The molecular weight excluding hydrogens is 314 g/mol. The summed E-state index contributed by atoms with van der Waals surface area (Å²) in [6, 6.07) is 8.57. The average molecular weight is 333 g/mol. The van der Waals surface area contributed by atoms with Crippen molar-refractivity contribution in [1.29, 1.82) is 0 Å². The van der Waals surface area contributed by atoms with Gasteiger partial charge in [0.15, 0.2) is 0 Å². The number of hydrogen-bond acceptors (Lipinski definition) is 5. The number of nitrogens with zero attached hydrogens (tertiary/aromatic N) is 2. The van der Waals surface area contributed by atoms with E-state index >= 15 is 0 Å². The summed E-state index contributed by atoms with van der Waals surface area (Å²) >= 11 is 3.35. The molecule has 1 unspecified atom stereocenters. The molecule has 1 amide bonds. The highest BCUT2D eigenvalue weighted by molar-refractivity contribution is 7.99. The van der Waals surface area contributed by atoms with Crippen molar-refractivity contribution in [2.45, 2.75) is 19.5 Å². The fraction of sp³-hybridized carbons (Fsp3) is 0.375. The Hall–Kier alpha value is -1.37. The third-order valence-electron chi connectivity index (χ3n) is 3.80. The predicted octanol–water partition coefficient (Wildman–Crippen LogP) is 2.84. The van der Waals surface area contributed by atoms with Crippen molar-refractivity contribution in [3.63, 3.8) is 0 Å². The Morgan fingerprint density at radius 2 is 2.18 bits per heavy atom. The van der Waals surface area contributed by atoms with Gasteiger partial charge < -0.3 is 10.6 Å². The molecule has 1 aromatic carbocycles. The summed E-state index contributed by atoms with van der Waals surface area (Å²) in [7, 11) is 0. The zero-order valence-corrected chi connectivity index (χ0v) is 14.1. The van der Waals surface area contributed by atoms with Crippen LogP contribution in [-0.2, 0) is 6.54 Å². The number of carbonyl (C=O) groups is 1. The summed E-state index contributed by atoms with van der Waals surface area (Å²) < 4.78 is 0. The van der Waals surface area contributed by atoms with Crippen molar-refractivity contribution in [2.75, 3.05) is 18.1 Å². The Kier molecular flexibility index (Phi) is 4.81. The van der Waals surface area contributed by atoms with E-state index in [2.05, 4.69) is 36.2 Å². The fourth-order valence-corrected chi connectivity index (χ4v) is 4.30. The molecule has 1 atom stereocenters. The molecule has 0 aliphatic carbocycles. The van der Waals surface area contributed by atoms with Crippen molar-refractivity contribution in [3.8, 4) is 0 Å². The van der Waals surface area contributed by atoms with Gasteiger partial charge in [0.2, 0.25) is 0 Å². The molecule has 0 bridgehead atoms. The number of thiazole rings is 1. The summed E-state index contributed by atoms with van der Waals surface area (Å²) in [5.41, 5.74) is 8.54. The lowest BCUT2D eigenvalue weighted by Gasteiger charge is -2.35. The zero-order chi connectivity index (χ0) is 15.5. The molecule has 1 aromatic heterocycles. The first kappa shape index (κ1) is 15.5. The van der Waals surface area contributed by atoms with Crippen LogP contribution >= 0.6 is 23.1 Å². The highest BCUT2D eigenvalue weighted by atomic mass is 32.2. The van der Waals surface area contributed by atoms with E-state index in [4.69, 9.17) is 5.73 Å². The van der Waals surface area contributed by atoms with Gasteiger partial charge in [-0.2, -0.15) is 11.8 Å². The van der Waals surface area contributed by atoms with Crippen molar-refractivity contribution < 1.29 is 4.79 Å². The van der Waals surface area contributed by atoms with Crippen LogP contribution in [-0.4, -0.2) is 33.8 Å². The van der Waals surface area contributed by atoms with Crippen LogP contribution in [0, 0.1) is 6.92 Å². The molecule has 4 nitrogen and oxygen atoms in total. The Bertz CT molecular complexity index is 654. The molecule has 1 saturated heterocycles. The number of rotatable bonds is 3. The molecule has 2 aromatic rings. The van der Waals surface area contributed by atoms with Gasteiger partial charge in [-0.25, -0.2) is 4.98 Å². The number of aryl methyl sites for hydroxylation is 1. The van der Waals surface area contributed by atoms with Gasteiger partial charge in [-0.3, -0.25) is 4.79 Å². The van der Waals surface area contributed by atoms with E-state index < -0.39 is 0 Å². The lowest BCUT2D eigenvalue weighted by Crippen LogP contribution is -2.41. The summed E-state index contributed by atoms with van der Waals surface area (Å²) in [6.45, 7) is 3.22. The number of nitrogens with two attached hydrogens (primary N) is 1. The monoisotopic (exact) mass is 333 g/mol. The smallest absolute Gasteiger partial charge is 0.273 e. The number of amides is 1. The van der Waals surface area contributed by atoms with Crippen LogP contribution in [0.2, 0.25) is 0 Å². The normalized spacial score (nSPS) is 18.5. The van der Waals surface area contributed by atoms with E-state index in [0.717, 1.165) is 23.1 Å². The summed E-state index contributed by atoms with van der Waals surface area (Å²) in [5.74, 6) is 1.92. The summed E-state index contributed by atoms with van der Waals surface area (Å²) in [6.07, 6.45) is 0. The van der Waals surface area contributed by atoms with Crippen LogP contribution in [0.15, 0.2) is 29.6 Å². The van der Waals surface area contributed by atoms with Gasteiger partial charge in [0.25, 0.3) is 5.91 Å². The molecule has 2 N–H and O–H groups in total. The van der Waals surface area contributed by atoms with E-state index in [9.17, 15) is 4.79 Å². The lowest BCUT2D eigenvalue weighted by atomic mass is 10.0. The second-order valence-corrected chi connectivity index (χ2v) is 7.42. The van der Waals surface area contributed by atoms with Crippen molar-refractivity contribution >= 4 is 29.0 Å². The number of aromatic nitrogens is 1. The molecule has 116 valence electrons. The molecule has 1 aliphatic heterocycles. The Balaban J connectivity index is 1.85. The van der Waals surface area contributed by atoms with Crippen LogP contribution in [0.3, 0.4) is 0 Å². The van der Waals surface area contributed by atoms with Gasteiger partial charge in [-0.15, -0.1) is 11.3 Å². The fourth-order valence-electron chi connectivity index (χ4n) is 2.56. The van der Waals surface area contributed by atoms with Gasteiger partial charge in [-0.05, 0) is 12.5 Å². The van der Waals surface area contributed by atoms with Gasteiger partial charge in [0.1, 0.15) is 10.7 Å². The van der Waals surface area contributed by atoms with Crippen LogP contribution in [0.4, 0.5) is 0 Å². The minimum absolute atomic E-state index is 0.0156. The number of benzene rings is 1. The third kappa shape index (κ3) is 3.19. The highest BCUT2D eigenvalue weighted by Gasteiger charge is 2.30. The van der Waals surface area contributed by atoms with Crippen LogP contribution in [0.5, 0.6) is 0 Å². The van der Waals surface area contributed by atoms with Crippen LogP contribution in [0.1, 0.15) is 32.7 Å². The third-order valence-corrected chi connectivity index (χ3v) is 5.69. The van der Waals surface area contributed by atoms with E-state index in [1.807, 2.05) is 22.0 Å². The first-order chi connectivity index (χ1) is 10.7. The van der Waals surface area contributed by atoms with Gasteiger partial charge >= 0.3 is 0 Å². The van der Waals surface area contributed by atoms with Crippen molar-refractivity contribution in [3.05, 3.63) is 51.5 Å². The van der Waals surface area contributed by atoms with Crippen molar-refractivity contribution in [1.82, 2.24) is 9.88 Å². The first-order valence-corrected chi connectivity index (χ1v) is 9.32. The predicted molar refractivity (Wildman–Crippen MR) is 92.3 cm³/mol.